The summed E-state index contributed by atoms with van der Waals surface area (Å²) in [6.45, 7) is 5.87. The highest BCUT2D eigenvalue weighted by Crippen LogP contribution is 2.34. The summed E-state index contributed by atoms with van der Waals surface area (Å²) in [6.07, 6.45) is 3.02. The Hall–Kier alpha value is -2.79. The number of nitrogens with one attached hydrogen (secondary N) is 1. The van der Waals surface area contributed by atoms with Crippen LogP contribution in [0.5, 0.6) is 5.75 Å². The van der Waals surface area contributed by atoms with Crippen LogP contribution in [-0.4, -0.2) is 40.6 Å². The molecular formula is C25H29N3O2. The second-order valence-corrected chi connectivity index (χ2v) is 8.49. The van der Waals surface area contributed by atoms with E-state index in [9.17, 15) is 4.79 Å². The first-order valence-corrected chi connectivity index (χ1v) is 11.1. The molecule has 1 unspecified atom stereocenters. The number of hydrogen-bond donors (Lipinski definition) is 1. The van der Waals surface area contributed by atoms with Crippen LogP contribution in [0.1, 0.15) is 42.2 Å². The van der Waals surface area contributed by atoms with Crippen molar-refractivity contribution in [2.24, 2.45) is 0 Å². The molecule has 1 aromatic heterocycles. The van der Waals surface area contributed by atoms with E-state index in [1.54, 1.807) is 0 Å². The number of ether oxygens (including phenoxy) is 1. The quantitative estimate of drug-likeness (QED) is 0.694. The number of likely N-dealkylation sites (tertiary alicyclic amines) is 1. The molecule has 2 aromatic carbocycles. The number of benzene rings is 2. The molecule has 2 aliphatic rings. The minimum atomic E-state index is 0.0374. The van der Waals surface area contributed by atoms with E-state index in [2.05, 4.69) is 58.1 Å². The Morgan fingerprint density at radius 3 is 2.67 bits per heavy atom. The van der Waals surface area contributed by atoms with E-state index in [4.69, 9.17) is 4.74 Å². The summed E-state index contributed by atoms with van der Waals surface area (Å²) in [5.74, 6) is 0.925. The average molecular weight is 404 g/mol. The van der Waals surface area contributed by atoms with Gasteiger partial charge in [0.2, 0.25) is 0 Å². The smallest absolute Gasteiger partial charge is 0.268 e. The van der Waals surface area contributed by atoms with Crippen molar-refractivity contribution in [2.45, 2.75) is 51.4 Å². The molecule has 2 aliphatic heterocycles. The highest BCUT2D eigenvalue weighted by molar-refractivity contribution is 6.00. The molecule has 3 heterocycles. The first kappa shape index (κ1) is 19.2. The molecule has 0 bridgehead atoms. The molecule has 1 atom stereocenters. The third-order valence-electron chi connectivity index (χ3n) is 6.42. The number of piperidine rings is 1. The van der Waals surface area contributed by atoms with Crippen LogP contribution < -0.4 is 10.1 Å². The fourth-order valence-corrected chi connectivity index (χ4v) is 4.73. The second-order valence-electron chi connectivity index (χ2n) is 8.49. The van der Waals surface area contributed by atoms with Gasteiger partial charge in [-0.1, -0.05) is 49.4 Å². The van der Waals surface area contributed by atoms with Crippen LogP contribution >= 0.6 is 0 Å². The lowest BCUT2D eigenvalue weighted by atomic mass is 10.0. The molecule has 5 heteroatoms. The predicted octanol–water partition coefficient (Wildman–Crippen LogP) is 4.21. The van der Waals surface area contributed by atoms with Crippen LogP contribution in [0.3, 0.4) is 0 Å². The number of carbonyl (C=O) groups is 1. The molecular weight excluding hydrogens is 374 g/mol. The lowest BCUT2D eigenvalue weighted by molar-refractivity contribution is 0.0893. The Morgan fingerprint density at radius 1 is 1.10 bits per heavy atom. The molecule has 1 saturated heterocycles. The molecule has 1 fully saturated rings. The molecule has 1 N–H and O–H groups in total. The van der Waals surface area contributed by atoms with Gasteiger partial charge in [-0.3, -0.25) is 9.69 Å². The molecule has 156 valence electrons. The van der Waals surface area contributed by atoms with Crippen molar-refractivity contribution in [1.82, 2.24) is 14.8 Å². The van der Waals surface area contributed by atoms with Gasteiger partial charge in [-0.05, 0) is 37.0 Å². The van der Waals surface area contributed by atoms with Gasteiger partial charge in [-0.2, -0.15) is 0 Å². The zero-order chi connectivity index (χ0) is 20.5. The van der Waals surface area contributed by atoms with Gasteiger partial charge in [-0.15, -0.1) is 0 Å². The van der Waals surface area contributed by atoms with E-state index in [1.807, 2.05) is 18.2 Å². The summed E-state index contributed by atoms with van der Waals surface area (Å²) in [6, 6.07) is 18.9. The van der Waals surface area contributed by atoms with Crippen LogP contribution in [0.4, 0.5) is 0 Å². The van der Waals surface area contributed by atoms with Gasteiger partial charge in [-0.25, -0.2) is 0 Å². The van der Waals surface area contributed by atoms with Gasteiger partial charge in [0.15, 0.2) is 0 Å². The predicted molar refractivity (Wildman–Crippen MR) is 119 cm³/mol. The molecule has 5 rings (SSSR count). The van der Waals surface area contributed by atoms with Crippen molar-refractivity contribution in [1.29, 1.82) is 0 Å². The molecule has 5 nitrogen and oxygen atoms in total. The van der Waals surface area contributed by atoms with Crippen molar-refractivity contribution in [2.75, 3.05) is 13.1 Å². The molecule has 1 amide bonds. The monoisotopic (exact) mass is 403 g/mol. The van der Waals surface area contributed by atoms with Crippen molar-refractivity contribution in [3.05, 3.63) is 65.9 Å². The SMILES string of the molecule is CCC1Cn2c(C(=O)NC3CCN(Cc4ccccc4)CC3)cc3cccc(c32)O1. The zero-order valence-electron chi connectivity index (χ0n) is 17.5. The Bertz CT molecular complexity index is 1040. The van der Waals surface area contributed by atoms with Gasteiger partial charge in [0, 0.05) is 31.1 Å². The Balaban J connectivity index is 1.26. The number of aromatic nitrogens is 1. The van der Waals surface area contributed by atoms with Crippen LogP contribution in [0.2, 0.25) is 0 Å². The van der Waals surface area contributed by atoms with Crippen molar-refractivity contribution >= 4 is 16.8 Å². The van der Waals surface area contributed by atoms with Crippen LogP contribution in [0, 0.1) is 0 Å². The number of amides is 1. The first-order valence-electron chi connectivity index (χ1n) is 11.1. The summed E-state index contributed by atoms with van der Waals surface area (Å²) in [7, 11) is 0. The number of nitrogens with zero attached hydrogens (tertiary/aromatic N) is 2. The Morgan fingerprint density at radius 2 is 1.90 bits per heavy atom. The highest BCUT2D eigenvalue weighted by Gasteiger charge is 2.27. The summed E-state index contributed by atoms with van der Waals surface area (Å²) in [5.41, 5.74) is 3.15. The van der Waals surface area contributed by atoms with E-state index in [1.165, 1.54) is 5.56 Å². The molecule has 3 aromatic rings. The molecule has 0 aliphatic carbocycles. The summed E-state index contributed by atoms with van der Waals surface area (Å²) < 4.78 is 8.25. The van der Waals surface area contributed by atoms with E-state index in [0.717, 1.165) is 67.8 Å². The Kier molecular flexibility index (Phi) is 5.21. The number of carbonyl (C=O) groups excluding carboxylic acids is 1. The fourth-order valence-electron chi connectivity index (χ4n) is 4.73. The third-order valence-corrected chi connectivity index (χ3v) is 6.42. The van der Waals surface area contributed by atoms with Gasteiger partial charge >= 0.3 is 0 Å². The maximum atomic E-state index is 13.2. The standard InChI is InChI=1S/C25H29N3O2/c1-2-21-17-28-22(15-19-9-6-10-23(30-21)24(19)28)25(29)26-20-11-13-27(14-12-20)16-18-7-4-3-5-8-18/h3-10,15,20-21H,2,11-14,16-17H2,1H3,(H,26,29). The van der Waals surface area contributed by atoms with E-state index in [0.29, 0.717) is 0 Å². The maximum absolute atomic E-state index is 13.2. The summed E-state index contributed by atoms with van der Waals surface area (Å²) in [4.78, 5) is 15.7. The topological polar surface area (TPSA) is 46.5 Å². The highest BCUT2D eigenvalue weighted by atomic mass is 16.5. The maximum Gasteiger partial charge on any atom is 0.268 e. The number of rotatable bonds is 5. The number of para-hydroxylation sites is 1. The lowest BCUT2D eigenvalue weighted by Crippen LogP contribution is -2.45. The molecule has 0 radical (unpaired) electrons. The Labute approximate surface area is 177 Å². The van der Waals surface area contributed by atoms with E-state index in [-0.39, 0.29) is 18.1 Å². The largest absolute Gasteiger partial charge is 0.486 e. The van der Waals surface area contributed by atoms with Gasteiger partial charge in [0.25, 0.3) is 5.91 Å². The third kappa shape index (κ3) is 3.70. The lowest BCUT2D eigenvalue weighted by Gasteiger charge is -2.32. The summed E-state index contributed by atoms with van der Waals surface area (Å²) >= 11 is 0. The molecule has 0 saturated carbocycles. The average Bonchev–Trinajstić information content (AvgIpc) is 3.16. The van der Waals surface area contributed by atoms with E-state index >= 15 is 0 Å². The molecule has 30 heavy (non-hydrogen) atoms. The van der Waals surface area contributed by atoms with Crippen molar-refractivity contribution < 1.29 is 9.53 Å². The van der Waals surface area contributed by atoms with Gasteiger partial charge in [0.1, 0.15) is 17.5 Å². The number of hydrogen-bond acceptors (Lipinski definition) is 3. The zero-order valence-corrected chi connectivity index (χ0v) is 17.5. The van der Waals surface area contributed by atoms with Crippen molar-refractivity contribution in [3.63, 3.8) is 0 Å². The van der Waals surface area contributed by atoms with E-state index < -0.39 is 0 Å². The van der Waals surface area contributed by atoms with Crippen molar-refractivity contribution in [3.8, 4) is 5.75 Å². The van der Waals surface area contributed by atoms with Crippen LogP contribution in [0.25, 0.3) is 10.9 Å². The second kappa shape index (κ2) is 8.15. The minimum absolute atomic E-state index is 0.0374. The first-order chi connectivity index (χ1) is 14.7. The van der Waals surface area contributed by atoms with Crippen LogP contribution in [0.15, 0.2) is 54.6 Å². The normalized spacial score (nSPS) is 19.6. The van der Waals surface area contributed by atoms with Gasteiger partial charge < -0.3 is 14.6 Å². The fraction of sp³-hybridized carbons (Fsp3) is 0.400. The summed E-state index contributed by atoms with van der Waals surface area (Å²) in [5, 5.41) is 4.38. The van der Waals surface area contributed by atoms with Crippen LogP contribution in [-0.2, 0) is 13.1 Å². The minimum Gasteiger partial charge on any atom is -0.486 e. The molecule has 0 spiro atoms. The van der Waals surface area contributed by atoms with Gasteiger partial charge in [0.05, 0.1) is 12.1 Å².